The van der Waals surface area contributed by atoms with E-state index in [1.54, 1.807) is 0 Å². The normalized spacial score (nSPS) is 5.14. The van der Waals surface area contributed by atoms with Crippen molar-refractivity contribution in [3.8, 4) is 0 Å². The van der Waals surface area contributed by atoms with Gasteiger partial charge in [-0.05, 0) is 0 Å². The molecule has 14 heteroatoms. The Bertz CT molecular complexity index is 118. The van der Waals surface area contributed by atoms with Gasteiger partial charge in [-0.3, -0.25) is 0 Å². The predicted molar refractivity (Wildman–Crippen MR) is 36.8 cm³/mol. The van der Waals surface area contributed by atoms with Crippen molar-refractivity contribution in [2.45, 2.75) is 0 Å². The van der Waals surface area contributed by atoms with Crippen LogP contribution in [0.5, 0.6) is 0 Å². The average molecular weight is 277 g/mol. The van der Waals surface area contributed by atoms with E-state index in [-0.39, 0.29) is 34.4 Å². The summed E-state index contributed by atoms with van der Waals surface area (Å²) < 4.78 is 0. The van der Waals surface area contributed by atoms with Crippen LogP contribution >= 0.6 is 0 Å². The van der Waals surface area contributed by atoms with Gasteiger partial charge in [-0.1, -0.05) is 0 Å². The molecule has 0 heterocycles. The summed E-state index contributed by atoms with van der Waals surface area (Å²) in [7, 11) is 0. The first-order valence-electron chi connectivity index (χ1n) is 1.64. The molecule has 0 aliphatic heterocycles. The average Bonchev–Trinajstić information content (AvgIpc) is 1.54. The minimum atomic E-state index is -1.75. The van der Waals surface area contributed by atoms with E-state index in [2.05, 4.69) is 0 Å². The van der Waals surface area contributed by atoms with Gasteiger partial charge >= 0.3 is 17.4 Å². The van der Waals surface area contributed by atoms with Gasteiger partial charge in [-0.2, -0.15) is 0 Å². The Labute approximate surface area is 96.1 Å². The van der Waals surface area contributed by atoms with Crippen LogP contribution in [-0.4, -0.2) is 32.6 Å². The van der Waals surface area contributed by atoms with Gasteiger partial charge in [0.15, 0.2) is 0 Å². The van der Waals surface area contributed by atoms with Crippen molar-refractivity contribution in [3.63, 3.8) is 0 Å². The Morgan fingerprint density at radius 3 is 0.571 bits per heavy atom. The van der Waals surface area contributed by atoms with Crippen LogP contribution in [-0.2, 0) is 17.1 Å². The van der Waals surface area contributed by atoms with Crippen LogP contribution < -0.4 is 0 Å². The molecule has 12 nitrogen and oxygen atoms in total. The molecule has 0 N–H and O–H groups in total. The molecule has 0 unspecified atom stereocenters. The second kappa shape index (κ2) is 22.6. The molecule has 0 aromatic carbocycles. The van der Waals surface area contributed by atoms with Crippen LogP contribution in [0.3, 0.4) is 0 Å². The largest absolute Gasteiger partial charge is 3.00 e. The van der Waals surface area contributed by atoms with Crippen LogP contribution in [0.4, 0.5) is 0 Å². The SMILES string of the molecule is O=[N+]([O-])[O-].O=[N+]([O-])[O-].O=[N+]([O-])[O-].[Al+3].[Cu]. The van der Waals surface area contributed by atoms with Crippen molar-refractivity contribution in [2.24, 2.45) is 0 Å². The Balaban J connectivity index is -0.0000000270. The summed E-state index contributed by atoms with van der Waals surface area (Å²) in [6, 6.07) is 0. The fraction of sp³-hybridized carbons (Fsp3) is 0. The van der Waals surface area contributed by atoms with E-state index in [1.165, 1.54) is 0 Å². The maximum atomic E-state index is 8.25. The number of hydrogen-bond donors (Lipinski definition) is 0. The topological polar surface area (TPSA) is 199 Å². The summed E-state index contributed by atoms with van der Waals surface area (Å²) >= 11 is 0. The summed E-state index contributed by atoms with van der Waals surface area (Å²) in [5.74, 6) is 0. The molecule has 0 amide bonds. The van der Waals surface area contributed by atoms with E-state index < -0.39 is 15.3 Å². The van der Waals surface area contributed by atoms with E-state index in [0.29, 0.717) is 0 Å². The molecule has 0 saturated carbocycles. The van der Waals surface area contributed by atoms with E-state index in [9.17, 15) is 0 Å². The third kappa shape index (κ3) is 546. The summed E-state index contributed by atoms with van der Waals surface area (Å²) in [6.45, 7) is 0. The summed E-state index contributed by atoms with van der Waals surface area (Å²) in [5, 5.41) is 44.2. The van der Waals surface area contributed by atoms with E-state index in [0.717, 1.165) is 0 Å². The zero-order chi connectivity index (χ0) is 10.7. The van der Waals surface area contributed by atoms with Gasteiger partial charge in [0.1, 0.15) is 0 Å². The second-order valence-electron chi connectivity index (χ2n) is 0.671. The molecule has 0 fully saturated rings. The standard InChI is InChI=1S/Al.Cu.3NO3/c;;3*2-1(3)4/q+3;;3*-1. The Morgan fingerprint density at radius 1 is 0.571 bits per heavy atom. The van der Waals surface area contributed by atoms with Crippen LogP contribution in [0.2, 0.25) is 0 Å². The van der Waals surface area contributed by atoms with Gasteiger partial charge in [0.2, 0.25) is 0 Å². The number of nitrogens with zero attached hydrogens (tertiary/aromatic N) is 3. The van der Waals surface area contributed by atoms with Crippen LogP contribution in [0.15, 0.2) is 0 Å². The maximum absolute atomic E-state index is 8.25. The third-order valence-corrected chi connectivity index (χ3v) is 0. The van der Waals surface area contributed by atoms with Crippen molar-refractivity contribution >= 4 is 17.4 Å². The van der Waals surface area contributed by atoms with Gasteiger partial charge in [-0.25, -0.2) is 0 Å². The second-order valence-corrected chi connectivity index (χ2v) is 0.671. The summed E-state index contributed by atoms with van der Waals surface area (Å²) in [6.07, 6.45) is 0. The van der Waals surface area contributed by atoms with Gasteiger partial charge in [0.05, 0.1) is 15.3 Å². The van der Waals surface area contributed by atoms with Gasteiger partial charge in [0.25, 0.3) is 0 Å². The first kappa shape index (κ1) is 29.3. The molecule has 0 bridgehead atoms. The number of hydrogen-bond acceptors (Lipinski definition) is 9. The minimum Gasteiger partial charge on any atom is -0.356 e. The van der Waals surface area contributed by atoms with Gasteiger partial charge < -0.3 is 46.0 Å². The zero-order valence-electron chi connectivity index (χ0n) is 5.89. The molecule has 1 radical (unpaired) electrons. The quantitative estimate of drug-likeness (QED) is 0.299. The molecule has 14 heavy (non-hydrogen) atoms. The van der Waals surface area contributed by atoms with Crippen LogP contribution in [0.1, 0.15) is 0 Å². The maximum Gasteiger partial charge on any atom is 3.00 e. The molecule has 0 spiro atoms. The van der Waals surface area contributed by atoms with Gasteiger partial charge in [-0.15, -0.1) is 0 Å². The molecular formula is AlCuN3O9. The first-order valence-corrected chi connectivity index (χ1v) is 1.64. The summed E-state index contributed by atoms with van der Waals surface area (Å²) in [5.41, 5.74) is 0. The van der Waals surface area contributed by atoms with Crippen LogP contribution in [0, 0.1) is 46.0 Å². The molecule has 0 aromatic rings. The van der Waals surface area contributed by atoms with E-state index in [4.69, 9.17) is 46.0 Å². The third-order valence-electron chi connectivity index (χ3n) is 0. The van der Waals surface area contributed by atoms with Crippen molar-refractivity contribution in [1.82, 2.24) is 0 Å². The molecular weight excluding hydrogens is 277 g/mol. The van der Waals surface area contributed by atoms with Crippen LogP contribution in [0.25, 0.3) is 0 Å². The fourth-order valence-corrected chi connectivity index (χ4v) is 0. The molecule has 0 aliphatic carbocycles. The molecule has 0 rings (SSSR count). The molecule has 83 valence electrons. The minimum absolute atomic E-state index is 0. The van der Waals surface area contributed by atoms with Crippen molar-refractivity contribution < 1.29 is 32.3 Å². The fourth-order valence-electron chi connectivity index (χ4n) is 0. The molecule has 0 saturated heterocycles. The van der Waals surface area contributed by atoms with Crippen molar-refractivity contribution in [3.05, 3.63) is 46.0 Å². The summed E-state index contributed by atoms with van der Waals surface area (Å²) in [4.78, 5) is 24.8. The monoisotopic (exact) mass is 276 g/mol. The Kier molecular flexibility index (Phi) is 47.3. The predicted octanol–water partition coefficient (Wildman–Crippen LogP) is -1.10. The van der Waals surface area contributed by atoms with Crippen molar-refractivity contribution in [1.29, 1.82) is 0 Å². The molecule has 0 atom stereocenters. The van der Waals surface area contributed by atoms with Gasteiger partial charge in [0, 0.05) is 17.1 Å². The Morgan fingerprint density at radius 2 is 0.571 bits per heavy atom. The number of rotatable bonds is 0. The van der Waals surface area contributed by atoms with Crippen molar-refractivity contribution in [2.75, 3.05) is 0 Å². The molecule has 0 aromatic heterocycles. The van der Waals surface area contributed by atoms with E-state index >= 15 is 0 Å². The van der Waals surface area contributed by atoms with E-state index in [1.807, 2.05) is 0 Å². The first-order chi connectivity index (χ1) is 5.20. The molecule has 0 aliphatic rings. The smallest absolute Gasteiger partial charge is 0.356 e. The Hall–Kier alpha value is -1.35. The zero-order valence-corrected chi connectivity index (χ0v) is 7.99.